The van der Waals surface area contributed by atoms with Crippen LogP contribution in [0.4, 0.5) is 0 Å². The average Bonchev–Trinajstić information content (AvgIpc) is 2.67. The van der Waals surface area contributed by atoms with Crippen LogP contribution in [-0.2, 0) is 33.2 Å². The summed E-state index contributed by atoms with van der Waals surface area (Å²) >= 11 is 0. The molecule has 0 spiro atoms. The number of aryl methyl sites for hydroxylation is 1. The normalized spacial score (nSPS) is 13.2. The van der Waals surface area contributed by atoms with Gasteiger partial charge < -0.3 is 24.1 Å². The smallest absolute Gasteiger partial charge is 0.297 e. The first kappa shape index (κ1) is 25.0. The molecule has 1 aromatic rings. The summed E-state index contributed by atoms with van der Waals surface area (Å²) < 4.78 is 50.3. The van der Waals surface area contributed by atoms with E-state index in [-0.39, 0.29) is 23.8 Å². The van der Waals surface area contributed by atoms with Gasteiger partial charge in [0.15, 0.2) is 0 Å². The third-order valence-corrected chi connectivity index (χ3v) is 5.20. The summed E-state index contributed by atoms with van der Waals surface area (Å²) in [5.74, 6) is -0.116. The minimum absolute atomic E-state index is 0.0626. The lowest BCUT2D eigenvalue weighted by atomic mass is 10.0. The summed E-state index contributed by atoms with van der Waals surface area (Å²) in [6.07, 6.45) is -0.689. The highest BCUT2D eigenvalue weighted by molar-refractivity contribution is 7.86. The molecule has 0 heterocycles. The van der Waals surface area contributed by atoms with Crippen molar-refractivity contribution in [2.24, 2.45) is 5.92 Å². The van der Waals surface area contributed by atoms with E-state index in [1.807, 2.05) is 6.92 Å². The summed E-state index contributed by atoms with van der Waals surface area (Å²) in [5, 5.41) is 10.2. The lowest BCUT2D eigenvalue weighted by molar-refractivity contribution is -0.0125. The first-order valence-corrected chi connectivity index (χ1v) is 10.6. The lowest BCUT2D eigenvalue weighted by Crippen LogP contribution is -2.27. The number of hydrogen-bond acceptors (Lipinski definition) is 8. The Kier molecular flexibility index (Phi) is 12.5. The standard InChI is InChI=1S/C19H32O8S/c1-16-4-6-19(7-5-16)28(21,22)27-15-18(20)12-17(13-25-10-8-23-2)14-26-11-9-24-3/h4-7,17-18,20H,8-15H2,1-3H3. The van der Waals surface area contributed by atoms with Gasteiger partial charge >= 0.3 is 0 Å². The van der Waals surface area contributed by atoms with Crippen molar-refractivity contribution in [2.45, 2.75) is 24.3 Å². The Morgan fingerprint density at radius 3 is 1.93 bits per heavy atom. The van der Waals surface area contributed by atoms with E-state index >= 15 is 0 Å². The first-order valence-electron chi connectivity index (χ1n) is 9.16. The van der Waals surface area contributed by atoms with Gasteiger partial charge in [-0.3, -0.25) is 4.18 Å². The topological polar surface area (TPSA) is 101 Å². The maximum Gasteiger partial charge on any atom is 0.297 e. The van der Waals surface area contributed by atoms with E-state index in [0.717, 1.165) is 5.56 Å². The van der Waals surface area contributed by atoms with E-state index in [1.165, 1.54) is 12.1 Å². The van der Waals surface area contributed by atoms with Crippen molar-refractivity contribution < 1.29 is 36.7 Å². The average molecular weight is 421 g/mol. The Labute approximate surface area is 167 Å². The van der Waals surface area contributed by atoms with Gasteiger partial charge in [-0.2, -0.15) is 8.42 Å². The molecular formula is C19H32O8S. The number of benzene rings is 1. The molecule has 1 N–H and O–H groups in total. The Morgan fingerprint density at radius 2 is 1.43 bits per heavy atom. The van der Waals surface area contributed by atoms with E-state index in [9.17, 15) is 13.5 Å². The predicted octanol–water partition coefficient (Wildman–Crippen LogP) is 1.39. The molecule has 0 saturated heterocycles. The number of ether oxygens (including phenoxy) is 4. The van der Waals surface area contributed by atoms with Gasteiger partial charge in [0, 0.05) is 20.1 Å². The monoisotopic (exact) mass is 420 g/mol. The zero-order chi connectivity index (χ0) is 20.8. The van der Waals surface area contributed by atoms with Gasteiger partial charge in [0.25, 0.3) is 10.1 Å². The van der Waals surface area contributed by atoms with Crippen molar-refractivity contribution in [3.05, 3.63) is 29.8 Å². The van der Waals surface area contributed by atoms with Crippen LogP contribution in [0.1, 0.15) is 12.0 Å². The molecule has 9 heteroatoms. The summed E-state index contributed by atoms with van der Waals surface area (Å²) in [6.45, 7) is 4.05. The van der Waals surface area contributed by atoms with E-state index < -0.39 is 16.2 Å². The molecule has 162 valence electrons. The van der Waals surface area contributed by atoms with Crippen molar-refractivity contribution in [1.82, 2.24) is 0 Å². The van der Waals surface area contributed by atoms with E-state index in [4.69, 9.17) is 23.1 Å². The molecule has 0 amide bonds. The third-order valence-electron chi connectivity index (χ3n) is 3.90. The molecule has 0 fully saturated rings. The second-order valence-electron chi connectivity index (χ2n) is 6.44. The Bertz CT molecular complexity index is 605. The minimum atomic E-state index is -3.91. The number of aliphatic hydroxyl groups excluding tert-OH is 1. The van der Waals surface area contributed by atoms with Gasteiger partial charge in [-0.05, 0) is 25.5 Å². The largest absolute Gasteiger partial charge is 0.391 e. The maximum atomic E-state index is 12.2. The second-order valence-corrected chi connectivity index (χ2v) is 8.06. The Morgan fingerprint density at radius 1 is 0.893 bits per heavy atom. The fraction of sp³-hybridized carbons (Fsp3) is 0.684. The molecule has 0 aliphatic carbocycles. The second kappa shape index (κ2) is 14.0. The zero-order valence-corrected chi connectivity index (χ0v) is 17.7. The molecule has 0 aliphatic rings. The molecule has 1 unspecified atom stereocenters. The third kappa shape index (κ3) is 10.5. The number of methoxy groups -OCH3 is 2. The van der Waals surface area contributed by atoms with Crippen LogP contribution >= 0.6 is 0 Å². The number of rotatable bonds is 16. The highest BCUT2D eigenvalue weighted by Crippen LogP contribution is 2.15. The van der Waals surface area contributed by atoms with Crippen molar-refractivity contribution in [2.75, 3.05) is 60.5 Å². The highest BCUT2D eigenvalue weighted by Gasteiger charge is 2.20. The Hall–Kier alpha value is -1.07. The van der Waals surface area contributed by atoms with Crippen LogP contribution < -0.4 is 0 Å². The van der Waals surface area contributed by atoms with Gasteiger partial charge in [-0.1, -0.05) is 17.7 Å². The van der Waals surface area contributed by atoms with Gasteiger partial charge in [0.1, 0.15) is 0 Å². The maximum absolute atomic E-state index is 12.2. The zero-order valence-electron chi connectivity index (χ0n) is 16.8. The van der Waals surface area contributed by atoms with Crippen LogP contribution in [0.5, 0.6) is 0 Å². The summed E-state index contributed by atoms with van der Waals surface area (Å²) in [5.41, 5.74) is 0.948. The lowest BCUT2D eigenvalue weighted by Gasteiger charge is -2.20. The van der Waals surface area contributed by atoms with Crippen LogP contribution in [-0.4, -0.2) is 80.1 Å². The molecule has 28 heavy (non-hydrogen) atoms. The molecule has 0 aliphatic heterocycles. The van der Waals surface area contributed by atoms with Crippen molar-refractivity contribution in [1.29, 1.82) is 0 Å². The van der Waals surface area contributed by atoms with Gasteiger partial charge in [0.2, 0.25) is 0 Å². The van der Waals surface area contributed by atoms with Gasteiger partial charge in [-0.15, -0.1) is 0 Å². The van der Waals surface area contributed by atoms with Crippen LogP contribution in [0.2, 0.25) is 0 Å². The van der Waals surface area contributed by atoms with E-state index in [2.05, 4.69) is 0 Å². The summed E-state index contributed by atoms with van der Waals surface area (Å²) in [7, 11) is -0.737. The Balaban J connectivity index is 2.50. The van der Waals surface area contributed by atoms with Gasteiger partial charge in [0.05, 0.1) is 57.2 Å². The number of hydrogen-bond donors (Lipinski definition) is 1. The highest BCUT2D eigenvalue weighted by atomic mass is 32.2. The molecule has 0 bridgehead atoms. The van der Waals surface area contributed by atoms with Crippen LogP contribution in [0.25, 0.3) is 0 Å². The van der Waals surface area contributed by atoms with Crippen LogP contribution in [0, 0.1) is 12.8 Å². The first-order chi connectivity index (χ1) is 13.4. The van der Waals surface area contributed by atoms with E-state index in [0.29, 0.717) is 39.6 Å². The molecule has 8 nitrogen and oxygen atoms in total. The molecule has 0 saturated carbocycles. The van der Waals surface area contributed by atoms with Crippen LogP contribution in [0.15, 0.2) is 29.2 Å². The quantitative estimate of drug-likeness (QED) is 0.316. The fourth-order valence-corrected chi connectivity index (χ4v) is 3.30. The van der Waals surface area contributed by atoms with Crippen molar-refractivity contribution in [3.63, 3.8) is 0 Å². The predicted molar refractivity (Wildman–Crippen MR) is 104 cm³/mol. The molecular weight excluding hydrogens is 388 g/mol. The fourth-order valence-electron chi connectivity index (χ4n) is 2.36. The minimum Gasteiger partial charge on any atom is -0.391 e. The molecule has 1 atom stereocenters. The number of aliphatic hydroxyl groups is 1. The van der Waals surface area contributed by atoms with Crippen LogP contribution in [0.3, 0.4) is 0 Å². The summed E-state index contributed by atoms with van der Waals surface area (Å²) in [4.78, 5) is 0.0626. The molecule has 1 aromatic carbocycles. The van der Waals surface area contributed by atoms with Crippen molar-refractivity contribution >= 4 is 10.1 Å². The molecule has 0 aromatic heterocycles. The SMILES string of the molecule is COCCOCC(COCCOC)CC(O)COS(=O)(=O)c1ccc(C)cc1. The van der Waals surface area contributed by atoms with Crippen molar-refractivity contribution in [3.8, 4) is 0 Å². The molecule has 1 rings (SSSR count). The van der Waals surface area contributed by atoms with Gasteiger partial charge in [-0.25, -0.2) is 0 Å². The summed E-state index contributed by atoms with van der Waals surface area (Å²) in [6, 6.07) is 6.34. The van der Waals surface area contributed by atoms with E-state index in [1.54, 1.807) is 26.4 Å². The molecule has 0 radical (unpaired) electrons.